The Morgan fingerprint density at radius 1 is 1.13 bits per heavy atom. The smallest absolute Gasteiger partial charge is 0.252 e. The van der Waals surface area contributed by atoms with E-state index in [0.717, 1.165) is 5.56 Å². The first-order valence-corrected chi connectivity index (χ1v) is 7.79. The third kappa shape index (κ3) is 3.26. The highest BCUT2D eigenvalue weighted by Gasteiger charge is 2.31. The highest BCUT2D eigenvalue weighted by molar-refractivity contribution is 5.84. The van der Waals surface area contributed by atoms with E-state index in [1.54, 1.807) is 22.0 Å². The summed E-state index contributed by atoms with van der Waals surface area (Å²) in [5.41, 5.74) is 6.26. The van der Waals surface area contributed by atoms with Crippen LogP contribution in [0.5, 0.6) is 0 Å². The van der Waals surface area contributed by atoms with Crippen molar-refractivity contribution in [2.45, 2.75) is 18.9 Å². The summed E-state index contributed by atoms with van der Waals surface area (Å²) in [5, 5.41) is 4.25. The van der Waals surface area contributed by atoms with Gasteiger partial charge in [-0.2, -0.15) is 5.10 Å². The topological polar surface area (TPSA) is 81.2 Å². The molecule has 0 spiro atoms. The molecule has 120 valence electrons. The molecule has 1 aromatic heterocycles. The lowest BCUT2D eigenvalue weighted by atomic mass is 9.95. The summed E-state index contributed by atoms with van der Waals surface area (Å²) in [6, 6.07) is 10.9. The summed E-state index contributed by atoms with van der Waals surface area (Å²) in [6.07, 6.45) is 4.72. The van der Waals surface area contributed by atoms with Crippen LogP contribution in [-0.2, 0) is 9.59 Å². The molecule has 0 bridgehead atoms. The molecule has 1 aliphatic heterocycles. The number of primary amides is 1. The second-order valence-corrected chi connectivity index (χ2v) is 5.80. The van der Waals surface area contributed by atoms with Crippen LogP contribution in [0.4, 0.5) is 0 Å². The van der Waals surface area contributed by atoms with Gasteiger partial charge in [0.25, 0.3) is 5.91 Å². The van der Waals surface area contributed by atoms with Crippen LogP contribution in [0.1, 0.15) is 24.4 Å². The SMILES string of the molecule is NC(=O)C1CCN(C(=O)C(c2ccccc2)n2cccn2)CC1. The van der Waals surface area contributed by atoms with Gasteiger partial charge < -0.3 is 10.6 Å². The van der Waals surface area contributed by atoms with Gasteiger partial charge in [0.15, 0.2) is 6.04 Å². The minimum absolute atomic E-state index is 0.00261. The summed E-state index contributed by atoms with van der Waals surface area (Å²) < 4.78 is 1.68. The van der Waals surface area contributed by atoms with E-state index in [9.17, 15) is 9.59 Å². The molecule has 1 aliphatic rings. The number of hydrogen-bond acceptors (Lipinski definition) is 3. The van der Waals surface area contributed by atoms with Crippen molar-refractivity contribution in [3.8, 4) is 0 Å². The molecule has 23 heavy (non-hydrogen) atoms. The molecule has 3 rings (SSSR count). The van der Waals surface area contributed by atoms with Gasteiger partial charge in [-0.3, -0.25) is 14.3 Å². The zero-order chi connectivity index (χ0) is 16.2. The first-order valence-electron chi connectivity index (χ1n) is 7.79. The number of likely N-dealkylation sites (tertiary alicyclic amines) is 1. The number of amides is 2. The number of hydrogen-bond donors (Lipinski definition) is 1. The minimum Gasteiger partial charge on any atom is -0.369 e. The standard InChI is InChI=1S/C17H20N4O2/c18-16(22)14-7-11-20(12-8-14)17(23)15(21-10-4-9-19-21)13-5-2-1-3-6-13/h1-6,9-10,14-15H,7-8,11-12H2,(H2,18,22). The fourth-order valence-electron chi connectivity index (χ4n) is 3.03. The monoisotopic (exact) mass is 312 g/mol. The average Bonchev–Trinajstić information content (AvgIpc) is 3.10. The lowest BCUT2D eigenvalue weighted by Crippen LogP contribution is -2.45. The number of rotatable bonds is 4. The van der Waals surface area contributed by atoms with Crippen LogP contribution in [0, 0.1) is 5.92 Å². The Labute approximate surface area is 134 Å². The van der Waals surface area contributed by atoms with E-state index in [1.165, 1.54) is 0 Å². The first kappa shape index (κ1) is 15.3. The molecule has 1 atom stereocenters. The molecule has 1 saturated heterocycles. The highest BCUT2D eigenvalue weighted by atomic mass is 16.2. The first-order chi connectivity index (χ1) is 11.2. The molecule has 0 radical (unpaired) electrons. The van der Waals surface area contributed by atoms with Crippen LogP contribution in [0.3, 0.4) is 0 Å². The van der Waals surface area contributed by atoms with E-state index < -0.39 is 6.04 Å². The Morgan fingerprint density at radius 2 is 1.83 bits per heavy atom. The minimum atomic E-state index is -0.476. The molecule has 2 aromatic rings. The van der Waals surface area contributed by atoms with Crippen molar-refractivity contribution in [2.75, 3.05) is 13.1 Å². The second kappa shape index (κ2) is 6.64. The number of piperidine rings is 1. The predicted molar refractivity (Wildman–Crippen MR) is 85.3 cm³/mol. The Balaban J connectivity index is 1.81. The van der Waals surface area contributed by atoms with E-state index in [2.05, 4.69) is 5.10 Å². The maximum Gasteiger partial charge on any atom is 0.252 e. The summed E-state index contributed by atoms with van der Waals surface area (Å²) in [4.78, 5) is 26.1. The summed E-state index contributed by atoms with van der Waals surface area (Å²) in [7, 11) is 0. The largest absolute Gasteiger partial charge is 0.369 e. The molecule has 6 nitrogen and oxygen atoms in total. The molecule has 6 heteroatoms. The number of nitrogens with zero attached hydrogens (tertiary/aromatic N) is 3. The average molecular weight is 312 g/mol. The third-order valence-corrected chi connectivity index (χ3v) is 4.35. The summed E-state index contributed by atoms with van der Waals surface area (Å²) >= 11 is 0. The quantitative estimate of drug-likeness (QED) is 0.921. The zero-order valence-corrected chi connectivity index (χ0v) is 12.8. The lowest BCUT2D eigenvalue weighted by Gasteiger charge is -2.33. The molecule has 1 aromatic carbocycles. The van der Waals surface area contributed by atoms with Crippen molar-refractivity contribution in [3.63, 3.8) is 0 Å². The Hall–Kier alpha value is -2.63. The Morgan fingerprint density at radius 3 is 2.39 bits per heavy atom. The summed E-state index contributed by atoms with van der Waals surface area (Å²) in [6.45, 7) is 1.11. The molecule has 1 fully saturated rings. The predicted octanol–water partition coefficient (Wildman–Crippen LogP) is 1.20. The number of benzene rings is 1. The second-order valence-electron chi connectivity index (χ2n) is 5.80. The number of carbonyl (C=O) groups is 2. The zero-order valence-electron chi connectivity index (χ0n) is 12.8. The fraction of sp³-hybridized carbons (Fsp3) is 0.353. The normalized spacial score (nSPS) is 17.0. The Bertz CT molecular complexity index is 661. The van der Waals surface area contributed by atoms with Gasteiger partial charge >= 0.3 is 0 Å². The van der Waals surface area contributed by atoms with Crippen LogP contribution in [0.15, 0.2) is 48.8 Å². The molecule has 2 N–H and O–H groups in total. The number of aromatic nitrogens is 2. The van der Waals surface area contributed by atoms with Gasteiger partial charge in [-0.25, -0.2) is 0 Å². The Kier molecular flexibility index (Phi) is 4.41. The van der Waals surface area contributed by atoms with Crippen molar-refractivity contribution < 1.29 is 9.59 Å². The van der Waals surface area contributed by atoms with Crippen molar-refractivity contribution in [2.24, 2.45) is 11.7 Å². The van der Waals surface area contributed by atoms with E-state index in [-0.39, 0.29) is 17.7 Å². The van der Waals surface area contributed by atoms with E-state index in [0.29, 0.717) is 25.9 Å². The van der Waals surface area contributed by atoms with Crippen molar-refractivity contribution in [1.82, 2.24) is 14.7 Å². The maximum atomic E-state index is 13.0. The molecule has 0 saturated carbocycles. The van der Waals surface area contributed by atoms with Crippen molar-refractivity contribution >= 4 is 11.8 Å². The molecular weight excluding hydrogens is 292 g/mol. The van der Waals surface area contributed by atoms with Crippen LogP contribution < -0.4 is 5.73 Å². The van der Waals surface area contributed by atoms with E-state index in [4.69, 9.17) is 5.73 Å². The van der Waals surface area contributed by atoms with Gasteiger partial charge in [0.05, 0.1) is 0 Å². The van der Waals surface area contributed by atoms with Crippen LogP contribution in [0.25, 0.3) is 0 Å². The van der Waals surface area contributed by atoms with Crippen LogP contribution in [-0.4, -0.2) is 39.6 Å². The maximum absolute atomic E-state index is 13.0. The van der Waals surface area contributed by atoms with Crippen molar-refractivity contribution in [3.05, 3.63) is 54.4 Å². The molecule has 2 heterocycles. The van der Waals surface area contributed by atoms with Crippen molar-refractivity contribution in [1.29, 1.82) is 0 Å². The summed E-state index contributed by atoms with van der Waals surface area (Å²) in [5.74, 6) is -0.398. The molecular formula is C17H20N4O2. The van der Waals surface area contributed by atoms with Gasteiger partial charge in [0.1, 0.15) is 0 Å². The van der Waals surface area contributed by atoms with Gasteiger partial charge in [-0.05, 0) is 24.5 Å². The fourth-order valence-corrected chi connectivity index (χ4v) is 3.03. The third-order valence-electron chi connectivity index (χ3n) is 4.35. The molecule has 0 aliphatic carbocycles. The van der Waals surface area contributed by atoms with Gasteiger partial charge in [-0.15, -0.1) is 0 Å². The highest BCUT2D eigenvalue weighted by Crippen LogP contribution is 2.24. The van der Waals surface area contributed by atoms with Gasteiger partial charge in [0.2, 0.25) is 5.91 Å². The van der Waals surface area contributed by atoms with Gasteiger partial charge in [0, 0.05) is 31.4 Å². The molecule has 1 unspecified atom stereocenters. The van der Waals surface area contributed by atoms with Crippen LogP contribution in [0.2, 0.25) is 0 Å². The van der Waals surface area contributed by atoms with E-state index in [1.807, 2.05) is 36.4 Å². The van der Waals surface area contributed by atoms with Crippen LogP contribution >= 0.6 is 0 Å². The van der Waals surface area contributed by atoms with E-state index >= 15 is 0 Å². The lowest BCUT2D eigenvalue weighted by molar-refractivity contribution is -0.137. The number of carbonyl (C=O) groups excluding carboxylic acids is 2. The number of nitrogens with two attached hydrogens (primary N) is 1. The van der Waals surface area contributed by atoms with Gasteiger partial charge in [-0.1, -0.05) is 30.3 Å². The molecule has 2 amide bonds.